The first-order chi connectivity index (χ1) is 11.0. The van der Waals surface area contributed by atoms with Crippen molar-refractivity contribution >= 4 is 44.8 Å². The summed E-state index contributed by atoms with van der Waals surface area (Å²) in [7, 11) is 0. The lowest BCUT2D eigenvalue weighted by atomic mass is 10.2. The summed E-state index contributed by atoms with van der Waals surface area (Å²) in [6, 6.07) is 2.97. The van der Waals surface area contributed by atoms with Gasteiger partial charge in [0.1, 0.15) is 16.5 Å². The molecule has 3 heterocycles. The molecule has 0 aliphatic heterocycles. The third-order valence-corrected chi connectivity index (χ3v) is 5.48. The van der Waals surface area contributed by atoms with E-state index in [0.29, 0.717) is 22.4 Å². The molecule has 0 spiro atoms. The van der Waals surface area contributed by atoms with Crippen LogP contribution < -0.4 is 5.73 Å². The maximum absolute atomic E-state index is 11.0. The van der Waals surface area contributed by atoms with Crippen molar-refractivity contribution in [1.82, 2.24) is 15.0 Å². The minimum Gasteiger partial charge on any atom is -0.383 e. The van der Waals surface area contributed by atoms with Gasteiger partial charge in [0.25, 0.3) is 0 Å². The zero-order valence-corrected chi connectivity index (χ0v) is 14.1. The molecule has 2 N–H and O–H groups in total. The Balaban J connectivity index is 1.90. The Morgan fingerprint density at radius 3 is 2.91 bits per heavy atom. The average Bonchev–Trinajstić information content (AvgIpc) is 2.80. The van der Waals surface area contributed by atoms with E-state index in [-0.39, 0.29) is 5.69 Å². The number of nitrogens with zero attached hydrogens (tertiary/aromatic N) is 4. The summed E-state index contributed by atoms with van der Waals surface area (Å²) >= 11 is 2.80. The molecular formula is C14H13N5O2S2. The van der Waals surface area contributed by atoms with Gasteiger partial charge < -0.3 is 5.73 Å². The van der Waals surface area contributed by atoms with Crippen LogP contribution in [-0.4, -0.2) is 19.9 Å². The van der Waals surface area contributed by atoms with Crippen molar-refractivity contribution < 1.29 is 4.92 Å². The number of thiophene rings is 1. The summed E-state index contributed by atoms with van der Waals surface area (Å²) in [4.78, 5) is 25.5. The molecule has 118 valence electrons. The van der Waals surface area contributed by atoms with Gasteiger partial charge in [-0.25, -0.2) is 15.0 Å². The van der Waals surface area contributed by atoms with Crippen LogP contribution in [0.15, 0.2) is 23.4 Å². The number of rotatable bonds is 4. The monoisotopic (exact) mass is 347 g/mol. The van der Waals surface area contributed by atoms with Crippen molar-refractivity contribution in [2.45, 2.75) is 24.6 Å². The predicted octanol–water partition coefficient (Wildman–Crippen LogP) is 3.49. The summed E-state index contributed by atoms with van der Waals surface area (Å²) < 4.78 is 0. The fourth-order valence-corrected chi connectivity index (χ4v) is 4.03. The van der Waals surface area contributed by atoms with Crippen molar-refractivity contribution in [1.29, 1.82) is 0 Å². The first-order valence-electron chi connectivity index (χ1n) is 6.71. The quantitative estimate of drug-likeness (QED) is 0.437. The molecule has 9 heteroatoms. The summed E-state index contributed by atoms with van der Waals surface area (Å²) in [5.41, 5.74) is 7.12. The molecule has 0 aliphatic carbocycles. The second kappa shape index (κ2) is 6.09. The van der Waals surface area contributed by atoms with Crippen LogP contribution in [0.4, 0.5) is 11.5 Å². The zero-order chi connectivity index (χ0) is 16.6. The molecule has 0 amide bonds. The number of hydrogen-bond acceptors (Lipinski definition) is 8. The van der Waals surface area contributed by atoms with E-state index in [2.05, 4.69) is 15.0 Å². The third-order valence-electron chi connectivity index (χ3n) is 3.39. The van der Waals surface area contributed by atoms with Gasteiger partial charge in [-0.3, -0.25) is 10.1 Å². The van der Waals surface area contributed by atoms with E-state index in [0.717, 1.165) is 20.7 Å². The topological polar surface area (TPSA) is 108 Å². The fraction of sp³-hybridized carbons (Fsp3) is 0.214. The zero-order valence-electron chi connectivity index (χ0n) is 12.4. The maximum atomic E-state index is 11.0. The lowest BCUT2D eigenvalue weighted by Crippen LogP contribution is -2.00. The molecule has 3 aromatic heterocycles. The molecule has 0 aliphatic rings. The van der Waals surface area contributed by atoms with E-state index in [4.69, 9.17) is 5.73 Å². The molecule has 0 saturated carbocycles. The standard InChI is InChI=1S/C14H13N5O2S2/c1-7-8(2)23-14-11(7)12(15)17-10(18-14)6-22-13-9(19(20)21)4-3-5-16-13/h3-5H,6H2,1-2H3,(H2,15,17,18). The number of hydrogen-bond donors (Lipinski definition) is 1. The lowest BCUT2D eigenvalue weighted by Gasteiger charge is -2.03. The molecule has 0 fully saturated rings. The highest BCUT2D eigenvalue weighted by atomic mass is 32.2. The summed E-state index contributed by atoms with van der Waals surface area (Å²) in [6.45, 7) is 4.02. The number of nitro groups is 1. The summed E-state index contributed by atoms with van der Waals surface area (Å²) in [5.74, 6) is 1.36. The van der Waals surface area contributed by atoms with Gasteiger partial charge in [0.15, 0.2) is 5.03 Å². The van der Waals surface area contributed by atoms with E-state index in [9.17, 15) is 10.1 Å². The van der Waals surface area contributed by atoms with Gasteiger partial charge in [-0.05, 0) is 25.5 Å². The average molecular weight is 347 g/mol. The molecular weight excluding hydrogens is 334 g/mol. The largest absolute Gasteiger partial charge is 0.383 e. The number of aromatic nitrogens is 3. The Morgan fingerprint density at radius 1 is 1.39 bits per heavy atom. The number of anilines is 1. The minimum atomic E-state index is -0.445. The van der Waals surface area contributed by atoms with Crippen LogP contribution in [0.3, 0.4) is 0 Å². The van der Waals surface area contributed by atoms with E-state index in [1.54, 1.807) is 17.4 Å². The Morgan fingerprint density at radius 2 is 2.17 bits per heavy atom. The Labute approximate surface area is 140 Å². The highest BCUT2D eigenvalue weighted by molar-refractivity contribution is 7.98. The number of nitrogen functional groups attached to an aromatic ring is 1. The number of nitrogens with two attached hydrogens (primary N) is 1. The van der Waals surface area contributed by atoms with Gasteiger partial charge in [-0.2, -0.15) is 0 Å². The van der Waals surface area contributed by atoms with Crippen molar-refractivity contribution in [2.24, 2.45) is 0 Å². The lowest BCUT2D eigenvalue weighted by molar-refractivity contribution is -0.388. The van der Waals surface area contributed by atoms with Crippen molar-refractivity contribution in [3.8, 4) is 0 Å². The van der Waals surface area contributed by atoms with Gasteiger partial charge in [-0.1, -0.05) is 11.8 Å². The normalized spacial score (nSPS) is 11.0. The van der Waals surface area contributed by atoms with Crippen LogP contribution in [0.1, 0.15) is 16.3 Å². The highest BCUT2D eigenvalue weighted by Crippen LogP contribution is 2.33. The molecule has 23 heavy (non-hydrogen) atoms. The fourth-order valence-electron chi connectivity index (χ4n) is 2.16. The van der Waals surface area contributed by atoms with Crippen LogP contribution >= 0.6 is 23.1 Å². The molecule has 0 unspecified atom stereocenters. The van der Waals surface area contributed by atoms with Crippen LogP contribution in [-0.2, 0) is 5.75 Å². The Bertz CT molecular complexity index is 910. The van der Waals surface area contributed by atoms with Gasteiger partial charge >= 0.3 is 5.69 Å². The first kappa shape index (κ1) is 15.6. The SMILES string of the molecule is Cc1sc2nc(CSc3ncccc3[N+](=O)[O-])nc(N)c2c1C. The van der Waals surface area contributed by atoms with Crippen LogP contribution in [0.5, 0.6) is 0 Å². The van der Waals surface area contributed by atoms with E-state index < -0.39 is 4.92 Å². The van der Waals surface area contributed by atoms with Gasteiger partial charge in [-0.15, -0.1) is 11.3 Å². The minimum absolute atomic E-state index is 0.0191. The molecule has 7 nitrogen and oxygen atoms in total. The molecule has 0 saturated heterocycles. The van der Waals surface area contributed by atoms with Gasteiger partial charge in [0, 0.05) is 17.1 Å². The summed E-state index contributed by atoms with van der Waals surface area (Å²) in [6.07, 6.45) is 1.53. The van der Waals surface area contributed by atoms with Crippen molar-refractivity contribution in [2.75, 3.05) is 5.73 Å². The number of aryl methyl sites for hydroxylation is 2. The Hall–Kier alpha value is -2.26. The van der Waals surface area contributed by atoms with Crippen molar-refractivity contribution in [3.05, 3.63) is 44.7 Å². The number of pyridine rings is 1. The summed E-state index contributed by atoms with van der Waals surface area (Å²) in [5, 5.41) is 12.2. The van der Waals surface area contributed by atoms with E-state index >= 15 is 0 Å². The smallest absolute Gasteiger partial charge is 0.301 e. The molecule has 0 radical (unpaired) electrons. The van der Waals surface area contributed by atoms with Crippen LogP contribution in [0.2, 0.25) is 0 Å². The predicted molar refractivity (Wildman–Crippen MR) is 91.8 cm³/mol. The first-order valence-corrected chi connectivity index (χ1v) is 8.52. The Kier molecular flexibility index (Phi) is 4.14. The highest BCUT2D eigenvalue weighted by Gasteiger charge is 2.17. The number of fused-ring (bicyclic) bond motifs is 1. The molecule has 0 atom stereocenters. The number of thioether (sulfide) groups is 1. The molecule has 3 rings (SSSR count). The maximum Gasteiger partial charge on any atom is 0.301 e. The molecule has 0 bridgehead atoms. The third kappa shape index (κ3) is 2.97. The molecule has 0 aromatic carbocycles. The van der Waals surface area contributed by atoms with Crippen molar-refractivity contribution in [3.63, 3.8) is 0 Å². The second-order valence-corrected chi connectivity index (χ2v) is 7.03. The second-order valence-electron chi connectivity index (χ2n) is 4.86. The molecule has 3 aromatic rings. The van der Waals surface area contributed by atoms with E-state index in [1.807, 2.05) is 13.8 Å². The van der Waals surface area contributed by atoms with Crippen LogP contribution in [0, 0.1) is 24.0 Å². The van der Waals surface area contributed by atoms with Gasteiger partial charge in [0.05, 0.1) is 16.1 Å². The van der Waals surface area contributed by atoms with Crippen LogP contribution in [0.25, 0.3) is 10.2 Å². The van der Waals surface area contributed by atoms with Gasteiger partial charge in [0.2, 0.25) is 0 Å². The van der Waals surface area contributed by atoms with E-state index in [1.165, 1.54) is 24.0 Å².